The van der Waals surface area contributed by atoms with Gasteiger partial charge in [-0.25, -0.2) is 0 Å². The van der Waals surface area contributed by atoms with E-state index in [9.17, 15) is 0 Å². The zero-order chi connectivity index (χ0) is 12.5. The maximum atomic E-state index is 6.63. The Hall–Kier alpha value is -0.410. The zero-order valence-electron chi connectivity index (χ0n) is 10.1. The van der Waals surface area contributed by atoms with Gasteiger partial charge >= 0.3 is 0 Å². The van der Waals surface area contributed by atoms with Gasteiger partial charge in [0.2, 0.25) is 0 Å². The molecule has 0 amide bonds. The highest BCUT2D eigenvalue weighted by Gasteiger charge is 2.27. The first-order valence-corrected chi connectivity index (χ1v) is 7.72. The fourth-order valence-corrected chi connectivity index (χ4v) is 3.93. The minimum absolute atomic E-state index is 0.0673. The van der Waals surface area contributed by atoms with E-state index in [2.05, 4.69) is 15.9 Å². The van der Waals surface area contributed by atoms with Crippen LogP contribution in [0.25, 0.3) is 0 Å². The first-order chi connectivity index (χ1) is 8.75. The summed E-state index contributed by atoms with van der Waals surface area (Å²) < 4.78 is 12.2. The molecule has 98 valence electrons. The molecule has 1 saturated carbocycles. The van der Waals surface area contributed by atoms with Gasteiger partial charge in [-0.1, -0.05) is 28.8 Å². The van der Waals surface area contributed by atoms with Crippen molar-refractivity contribution in [1.82, 2.24) is 0 Å². The molecule has 0 N–H and O–H groups in total. The number of hydrogen-bond donors (Lipinski definition) is 0. The Balaban J connectivity index is 1.90. The van der Waals surface area contributed by atoms with Crippen molar-refractivity contribution in [2.24, 2.45) is 5.92 Å². The van der Waals surface area contributed by atoms with E-state index in [1.165, 1.54) is 25.7 Å². The fourth-order valence-electron chi connectivity index (χ4n) is 2.80. The SMILES string of the molecule is ClC(c1cc2c(cc1Br)OCCO2)C1CCCC1. The third kappa shape index (κ3) is 2.35. The molecule has 0 saturated heterocycles. The molecule has 1 unspecified atom stereocenters. The van der Waals surface area contributed by atoms with E-state index in [-0.39, 0.29) is 5.38 Å². The molecule has 1 aliphatic carbocycles. The van der Waals surface area contributed by atoms with Crippen molar-refractivity contribution in [3.8, 4) is 11.5 Å². The number of halogens is 2. The van der Waals surface area contributed by atoms with Gasteiger partial charge in [-0.05, 0) is 36.5 Å². The highest BCUT2D eigenvalue weighted by molar-refractivity contribution is 9.10. The summed E-state index contributed by atoms with van der Waals surface area (Å²) in [7, 11) is 0. The number of alkyl halides is 1. The molecule has 0 bridgehead atoms. The van der Waals surface area contributed by atoms with Gasteiger partial charge < -0.3 is 9.47 Å². The van der Waals surface area contributed by atoms with E-state index in [0.29, 0.717) is 19.1 Å². The maximum Gasteiger partial charge on any atom is 0.162 e. The summed E-state index contributed by atoms with van der Waals surface area (Å²) in [6.07, 6.45) is 5.07. The summed E-state index contributed by atoms with van der Waals surface area (Å²) in [5.74, 6) is 2.22. The van der Waals surface area contributed by atoms with Crippen LogP contribution in [-0.2, 0) is 0 Å². The van der Waals surface area contributed by atoms with Gasteiger partial charge in [-0.2, -0.15) is 0 Å². The van der Waals surface area contributed by atoms with Gasteiger partial charge in [-0.3, -0.25) is 0 Å². The molecular formula is C14H16BrClO2. The predicted octanol–water partition coefficient (Wildman–Crippen LogP) is 4.69. The average molecular weight is 332 g/mol. The quantitative estimate of drug-likeness (QED) is 0.732. The van der Waals surface area contributed by atoms with E-state index in [1.807, 2.05) is 12.1 Å². The summed E-state index contributed by atoms with van der Waals surface area (Å²) in [5, 5.41) is 0.0673. The lowest BCUT2D eigenvalue weighted by Crippen LogP contribution is -2.16. The van der Waals surface area contributed by atoms with Gasteiger partial charge in [-0.15, -0.1) is 11.6 Å². The molecule has 1 heterocycles. The normalized spacial score (nSPS) is 21.0. The molecule has 1 aromatic carbocycles. The fraction of sp³-hybridized carbons (Fsp3) is 0.571. The van der Waals surface area contributed by atoms with Gasteiger partial charge in [0.05, 0.1) is 5.38 Å². The van der Waals surface area contributed by atoms with Crippen molar-refractivity contribution in [2.75, 3.05) is 13.2 Å². The lowest BCUT2D eigenvalue weighted by atomic mass is 9.97. The van der Waals surface area contributed by atoms with Crippen LogP contribution in [-0.4, -0.2) is 13.2 Å². The molecule has 1 aliphatic heterocycles. The summed E-state index contributed by atoms with van der Waals surface area (Å²) in [5.41, 5.74) is 1.13. The third-order valence-corrected chi connectivity index (χ3v) is 5.05. The minimum atomic E-state index is 0.0673. The molecule has 0 aromatic heterocycles. The second-order valence-corrected chi connectivity index (χ2v) is 6.29. The van der Waals surface area contributed by atoms with Crippen molar-refractivity contribution >= 4 is 27.5 Å². The molecule has 2 nitrogen and oxygen atoms in total. The number of fused-ring (bicyclic) bond motifs is 1. The van der Waals surface area contributed by atoms with Crippen LogP contribution in [0, 0.1) is 5.92 Å². The molecule has 1 fully saturated rings. The number of rotatable bonds is 2. The first kappa shape index (κ1) is 12.6. The number of ether oxygens (including phenoxy) is 2. The van der Waals surface area contributed by atoms with E-state index >= 15 is 0 Å². The molecule has 2 aliphatic rings. The van der Waals surface area contributed by atoms with Gasteiger partial charge in [0.15, 0.2) is 11.5 Å². The highest BCUT2D eigenvalue weighted by Crippen LogP contribution is 2.45. The van der Waals surface area contributed by atoms with Crippen molar-refractivity contribution < 1.29 is 9.47 Å². The Morgan fingerprint density at radius 1 is 1.11 bits per heavy atom. The standard InChI is InChI=1S/C14H16BrClO2/c15-11-8-13-12(17-5-6-18-13)7-10(11)14(16)9-3-1-2-4-9/h7-9,14H,1-6H2. The van der Waals surface area contributed by atoms with Gasteiger partial charge in [0.1, 0.15) is 13.2 Å². The second-order valence-electron chi connectivity index (χ2n) is 4.96. The Labute approximate surface area is 121 Å². The van der Waals surface area contributed by atoms with Crippen molar-refractivity contribution in [3.63, 3.8) is 0 Å². The molecule has 1 aromatic rings. The minimum Gasteiger partial charge on any atom is -0.486 e. The molecule has 1 atom stereocenters. The highest BCUT2D eigenvalue weighted by atomic mass is 79.9. The first-order valence-electron chi connectivity index (χ1n) is 6.49. The largest absolute Gasteiger partial charge is 0.486 e. The van der Waals surface area contributed by atoms with E-state index in [1.54, 1.807) is 0 Å². The number of hydrogen-bond acceptors (Lipinski definition) is 2. The van der Waals surface area contributed by atoms with Gasteiger partial charge in [0.25, 0.3) is 0 Å². The van der Waals surface area contributed by atoms with Crippen LogP contribution in [0.3, 0.4) is 0 Å². The van der Waals surface area contributed by atoms with Crippen molar-refractivity contribution in [2.45, 2.75) is 31.1 Å². The van der Waals surface area contributed by atoms with Crippen molar-refractivity contribution in [3.05, 3.63) is 22.2 Å². The third-order valence-electron chi connectivity index (χ3n) is 3.77. The number of benzene rings is 1. The van der Waals surface area contributed by atoms with Crippen LogP contribution in [0.2, 0.25) is 0 Å². The second kappa shape index (κ2) is 5.30. The zero-order valence-corrected chi connectivity index (χ0v) is 12.5. The van der Waals surface area contributed by atoms with Crippen LogP contribution in [0.1, 0.15) is 36.6 Å². The van der Waals surface area contributed by atoms with Crippen LogP contribution in [0.5, 0.6) is 11.5 Å². The van der Waals surface area contributed by atoms with E-state index < -0.39 is 0 Å². The lowest BCUT2D eigenvalue weighted by Gasteiger charge is -2.23. The van der Waals surface area contributed by atoms with Gasteiger partial charge in [0, 0.05) is 4.47 Å². The molecule has 18 heavy (non-hydrogen) atoms. The molecular weight excluding hydrogens is 316 g/mol. The Morgan fingerprint density at radius 3 is 2.39 bits per heavy atom. The predicted molar refractivity (Wildman–Crippen MR) is 75.7 cm³/mol. The van der Waals surface area contributed by atoms with Crippen molar-refractivity contribution in [1.29, 1.82) is 0 Å². The maximum absolute atomic E-state index is 6.63. The molecule has 0 radical (unpaired) electrons. The average Bonchev–Trinajstić information content (AvgIpc) is 2.91. The summed E-state index contributed by atoms with van der Waals surface area (Å²) in [6, 6.07) is 4.02. The molecule has 4 heteroatoms. The lowest BCUT2D eigenvalue weighted by molar-refractivity contribution is 0.171. The summed E-state index contributed by atoms with van der Waals surface area (Å²) in [4.78, 5) is 0. The monoisotopic (exact) mass is 330 g/mol. The van der Waals surface area contributed by atoms with E-state index in [4.69, 9.17) is 21.1 Å². The van der Waals surface area contributed by atoms with Crippen LogP contribution in [0.4, 0.5) is 0 Å². The molecule has 0 spiro atoms. The van der Waals surface area contributed by atoms with Crippen LogP contribution in [0.15, 0.2) is 16.6 Å². The topological polar surface area (TPSA) is 18.5 Å². The summed E-state index contributed by atoms with van der Waals surface area (Å²) in [6.45, 7) is 1.23. The van der Waals surface area contributed by atoms with E-state index in [0.717, 1.165) is 21.5 Å². The Morgan fingerprint density at radius 2 is 1.72 bits per heavy atom. The van der Waals surface area contributed by atoms with Crippen LogP contribution < -0.4 is 9.47 Å². The molecule has 3 rings (SSSR count). The smallest absolute Gasteiger partial charge is 0.162 e. The summed E-state index contributed by atoms with van der Waals surface area (Å²) >= 11 is 10.2. The Bertz CT molecular complexity index is 444. The Kier molecular flexibility index (Phi) is 3.71. The van der Waals surface area contributed by atoms with Crippen LogP contribution >= 0.6 is 27.5 Å².